The summed E-state index contributed by atoms with van der Waals surface area (Å²) in [6, 6.07) is 0. The van der Waals surface area contributed by atoms with Gasteiger partial charge < -0.3 is 5.73 Å². The lowest BCUT2D eigenvalue weighted by Gasteiger charge is -2.24. The van der Waals surface area contributed by atoms with E-state index in [1.165, 1.54) is 6.20 Å². The van der Waals surface area contributed by atoms with Crippen LogP contribution in [-0.4, -0.2) is 25.6 Å². The van der Waals surface area contributed by atoms with Gasteiger partial charge in [0, 0.05) is 17.8 Å². The zero-order chi connectivity index (χ0) is 11.7. The second kappa shape index (κ2) is 3.90. The van der Waals surface area contributed by atoms with E-state index in [4.69, 9.17) is 5.73 Å². The first-order chi connectivity index (χ1) is 6.86. The number of sulfone groups is 1. The van der Waals surface area contributed by atoms with E-state index in [1.807, 2.05) is 0 Å². The molecule has 1 amide bonds. The molecular formula is C8H12N2O3S2. The van der Waals surface area contributed by atoms with E-state index in [2.05, 4.69) is 4.98 Å². The van der Waals surface area contributed by atoms with Crippen LogP contribution >= 0.6 is 11.3 Å². The summed E-state index contributed by atoms with van der Waals surface area (Å²) in [6.45, 7) is 1.60. The standard InChI is InChI=1S/C8H12N2O3S2/c1-3-8(6(9)11,15(2,12)13)7-10-4-5-14-7/h4-5H,3H2,1-2H3,(H2,9,11). The molecule has 1 heterocycles. The summed E-state index contributed by atoms with van der Waals surface area (Å²) in [7, 11) is -3.63. The monoisotopic (exact) mass is 248 g/mol. The molecule has 2 N–H and O–H groups in total. The van der Waals surface area contributed by atoms with Gasteiger partial charge in [-0.25, -0.2) is 13.4 Å². The van der Waals surface area contributed by atoms with Crippen LogP contribution in [0.4, 0.5) is 0 Å². The van der Waals surface area contributed by atoms with Gasteiger partial charge in [-0.1, -0.05) is 6.92 Å². The van der Waals surface area contributed by atoms with Crippen molar-refractivity contribution >= 4 is 27.1 Å². The Morgan fingerprint density at radius 1 is 1.67 bits per heavy atom. The molecule has 0 aliphatic heterocycles. The lowest BCUT2D eigenvalue weighted by molar-refractivity contribution is -0.120. The zero-order valence-electron chi connectivity index (χ0n) is 8.43. The van der Waals surface area contributed by atoms with Gasteiger partial charge in [0.1, 0.15) is 5.01 Å². The third-order valence-corrected chi connectivity index (χ3v) is 5.32. The first-order valence-electron chi connectivity index (χ1n) is 4.25. The minimum Gasteiger partial charge on any atom is -0.368 e. The number of amides is 1. The molecule has 7 heteroatoms. The number of primary amides is 1. The summed E-state index contributed by atoms with van der Waals surface area (Å²) in [6.07, 6.45) is 2.55. The Balaban J connectivity index is 3.50. The van der Waals surface area contributed by atoms with Crippen molar-refractivity contribution in [3.8, 4) is 0 Å². The summed E-state index contributed by atoms with van der Waals surface area (Å²) in [4.78, 5) is 15.3. The van der Waals surface area contributed by atoms with E-state index >= 15 is 0 Å². The van der Waals surface area contributed by atoms with Crippen LogP contribution in [0.5, 0.6) is 0 Å². The van der Waals surface area contributed by atoms with E-state index in [-0.39, 0.29) is 11.4 Å². The molecule has 0 spiro atoms. The number of hydrogen-bond donors (Lipinski definition) is 1. The quantitative estimate of drug-likeness (QED) is 0.828. The SMILES string of the molecule is CCC(C(N)=O)(c1nccs1)S(C)(=O)=O. The molecule has 1 aromatic heterocycles. The van der Waals surface area contributed by atoms with Crippen LogP contribution in [0.3, 0.4) is 0 Å². The Kier molecular flexibility index (Phi) is 3.15. The van der Waals surface area contributed by atoms with E-state index in [1.54, 1.807) is 12.3 Å². The summed E-state index contributed by atoms with van der Waals surface area (Å²) in [5.74, 6) is -0.873. The van der Waals surface area contributed by atoms with Crippen molar-refractivity contribution in [1.29, 1.82) is 0 Å². The summed E-state index contributed by atoms with van der Waals surface area (Å²) >= 11 is 1.12. The summed E-state index contributed by atoms with van der Waals surface area (Å²) in [5.41, 5.74) is 5.21. The fourth-order valence-electron chi connectivity index (χ4n) is 1.46. The van der Waals surface area contributed by atoms with Crippen molar-refractivity contribution in [2.45, 2.75) is 18.1 Å². The smallest absolute Gasteiger partial charge is 0.245 e. The van der Waals surface area contributed by atoms with Crippen LogP contribution in [0.25, 0.3) is 0 Å². The van der Waals surface area contributed by atoms with Crippen molar-refractivity contribution in [1.82, 2.24) is 4.98 Å². The van der Waals surface area contributed by atoms with E-state index in [9.17, 15) is 13.2 Å². The first kappa shape index (κ1) is 12.1. The van der Waals surface area contributed by atoms with Crippen LogP contribution in [-0.2, 0) is 19.4 Å². The third kappa shape index (κ3) is 1.76. The molecule has 5 nitrogen and oxygen atoms in total. The Labute approximate surface area is 92.2 Å². The molecule has 1 rings (SSSR count). The number of rotatable bonds is 4. The lowest BCUT2D eigenvalue weighted by Crippen LogP contribution is -2.46. The van der Waals surface area contributed by atoms with Gasteiger partial charge in [0.05, 0.1) is 0 Å². The van der Waals surface area contributed by atoms with Crippen molar-refractivity contribution in [2.24, 2.45) is 5.73 Å². The third-order valence-electron chi connectivity index (χ3n) is 2.31. The molecule has 0 bridgehead atoms. The van der Waals surface area contributed by atoms with Gasteiger partial charge in [0.2, 0.25) is 10.7 Å². The molecule has 0 aliphatic carbocycles. The van der Waals surface area contributed by atoms with E-state index in [0.29, 0.717) is 0 Å². The van der Waals surface area contributed by atoms with E-state index in [0.717, 1.165) is 17.6 Å². The maximum Gasteiger partial charge on any atom is 0.245 e. The highest BCUT2D eigenvalue weighted by molar-refractivity contribution is 7.92. The molecule has 84 valence electrons. The predicted molar refractivity (Wildman–Crippen MR) is 58.1 cm³/mol. The average Bonchev–Trinajstić information content (AvgIpc) is 2.56. The average molecular weight is 248 g/mol. The van der Waals surface area contributed by atoms with Gasteiger partial charge in [-0.2, -0.15) is 0 Å². The Hall–Kier alpha value is -0.950. The maximum atomic E-state index is 11.7. The Morgan fingerprint density at radius 3 is 2.53 bits per heavy atom. The maximum absolute atomic E-state index is 11.7. The molecule has 0 aliphatic rings. The molecule has 1 atom stereocenters. The highest BCUT2D eigenvalue weighted by Gasteiger charge is 2.49. The fraction of sp³-hybridized carbons (Fsp3) is 0.500. The molecule has 0 saturated carbocycles. The van der Waals surface area contributed by atoms with E-state index < -0.39 is 20.5 Å². The first-order valence-corrected chi connectivity index (χ1v) is 7.03. The minimum absolute atomic E-state index is 0.0919. The predicted octanol–water partition coefficient (Wildman–Crippen LogP) is 0.278. The molecular weight excluding hydrogens is 236 g/mol. The molecule has 15 heavy (non-hydrogen) atoms. The highest BCUT2D eigenvalue weighted by atomic mass is 32.2. The zero-order valence-corrected chi connectivity index (χ0v) is 10.1. The van der Waals surface area contributed by atoms with Crippen LogP contribution < -0.4 is 5.73 Å². The number of nitrogens with zero attached hydrogens (tertiary/aromatic N) is 1. The number of thiazole rings is 1. The molecule has 0 saturated heterocycles. The van der Waals surface area contributed by atoms with Crippen LogP contribution in [0.15, 0.2) is 11.6 Å². The number of carbonyl (C=O) groups is 1. The summed E-state index contributed by atoms with van der Waals surface area (Å²) < 4.78 is 21.7. The molecule has 1 unspecified atom stereocenters. The highest BCUT2D eigenvalue weighted by Crippen LogP contribution is 2.34. The normalized spacial score (nSPS) is 15.9. The number of carbonyl (C=O) groups excluding carboxylic acids is 1. The van der Waals surface area contributed by atoms with Gasteiger partial charge in [-0.15, -0.1) is 11.3 Å². The summed E-state index contributed by atoms with van der Waals surface area (Å²) in [5, 5.41) is 1.86. The molecule has 0 radical (unpaired) electrons. The fourth-order valence-corrected chi connectivity index (χ4v) is 4.12. The van der Waals surface area contributed by atoms with Crippen LogP contribution in [0.1, 0.15) is 18.4 Å². The molecule has 0 aromatic carbocycles. The number of aromatic nitrogens is 1. The van der Waals surface area contributed by atoms with Crippen molar-refractivity contribution in [2.75, 3.05) is 6.26 Å². The van der Waals surface area contributed by atoms with Gasteiger partial charge in [-0.3, -0.25) is 4.79 Å². The van der Waals surface area contributed by atoms with Gasteiger partial charge in [0.25, 0.3) is 0 Å². The van der Waals surface area contributed by atoms with Gasteiger partial charge in [0.15, 0.2) is 9.84 Å². The Bertz CT molecular complexity index is 452. The van der Waals surface area contributed by atoms with Crippen molar-refractivity contribution in [3.05, 3.63) is 16.6 Å². The largest absolute Gasteiger partial charge is 0.368 e. The van der Waals surface area contributed by atoms with Crippen LogP contribution in [0, 0.1) is 0 Å². The lowest BCUT2D eigenvalue weighted by atomic mass is 10.1. The molecule has 0 fully saturated rings. The molecule has 1 aromatic rings. The van der Waals surface area contributed by atoms with Crippen molar-refractivity contribution in [3.63, 3.8) is 0 Å². The van der Waals surface area contributed by atoms with Crippen molar-refractivity contribution < 1.29 is 13.2 Å². The van der Waals surface area contributed by atoms with Gasteiger partial charge >= 0.3 is 0 Å². The number of hydrogen-bond acceptors (Lipinski definition) is 5. The second-order valence-electron chi connectivity index (χ2n) is 3.15. The van der Waals surface area contributed by atoms with Gasteiger partial charge in [-0.05, 0) is 6.42 Å². The topological polar surface area (TPSA) is 90.1 Å². The minimum atomic E-state index is -3.63. The Morgan fingerprint density at radius 2 is 2.27 bits per heavy atom. The number of nitrogens with two attached hydrogens (primary N) is 1. The second-order valence-corrected chi connectivity index (χ2v) is 6.29. The van der Waals surface area contributed by atoms with Crippen LogP contribution in [0.2, 0.25) is 0 Å².